The Bertz CT molecular complexity index is 144. The van der Waals surface area contributed by atoms with Crippen molar-refractivity contribution in [1.82, 2.24) is 0 Å². The molecule has 0 amide bonds. The van der Waals surface area contributed by atoms with Gasteiger partial charge in [0.15, 0.2) is 0 Å². The Morgan fingerprint density at radius 2 is 1.80 bits per heavy atom. The molecule has 56 valence electrons. The van der Waals surface area contributed by atoms with Crippen molar-refractivity contribution >= 4 is 45.3 Å². The van der Waals surface area contributed by atoms with E-state index in [2.05, 4.69) is 4.74 Å². The summed E-state index contributed by atoms with van der Waals surface area (Å²) in [5.41, 5.74) is 0. The van der Waals surface area contributed by atoms with Crippen molar-refractivity contribution in [3.8, 4) is 0 Å². The van der Waals surface area contributed by atoms with Crippen LogP contribution in [0.15, 0.2) is 0 Å². The van der Waals surface area contributed by atoms with Crippen LogP contribution in [-0.4, -0.2) is 55.2 Å². The van der Waals surface area contributed by atoms with E-state index >= 15 is 0 Å². The van der Waals surface area contributed by atoms with Gasteiger partial charge in [0, 0.05) is 0 Å². The van der Waals surface area contributed by atoms with Crippen LogP contribution in [0.5, 0.6) is 0 Å². The molecule has 2 atom stereocenters. The summed E-state index contributed by atoms with van der Waals surface area (Å²) in [6.07, 6.45) is -0.379. The summed E-state index contributed by atoms with van der Waals surface area (Å²) in [5, 5.41) is 0. The molecule has 2 N–H and O–H groups in total. The fourth-order valence-corrected chi connectivity index (χ4v) is 1.36. The van der Waals surface area contributed by atoms with Gasteiger partial charge in [0.2, 0.25) is 0 Å². The van der Waals surface area contributed by atoms with Crippen LogP contribution in [0.25, 0.3) is 0 Å². The van der Waals surface area contributed by atoms with Gasteiger partial charge in [-0.05, 0) is 14.5 Å². The minimum absolute atomic E-state index is 0. The fraction of sp³-hybridized carbons (Fsp3) is 1.00. The number of rotatable bonds is 1. The van der Waals surface area contributed by atoms with Gasteiger partial charge in [0.1, 0.15) is 5.85 Å². The maximum atomic E-state index is 9.95. The summed E-state index contributed by atoms with van der Waals surface area (Å²) in [6.45, 7) is 1.55. The van der Waals surface area contributed by atoms with Crippen molar-refractivity contribution in [3.05, 3.63) is 0 Å². The van der Waals surface area contributed by atoms with Gasteiger partial charge in [-0.2, -0.15) is 0 Å². The van der Waals surface area contributed by atoms with E-state index in [9.17, 15) is 14.4 Å². The molecule has 1 aliphatic heterocycles. The standard InChI is InChI=1S/C3H7O4P.Ca.H2O/c1-2-3(7-2)8(4,5)6;;/h2-3H,1H3,(H2,4,5,6);;1H2/q;+2;/p-2. The van der Waals surface area contributed by atoms with Gasteiger partial charge in [-0.1, -0.05) is 0 Å². The van der Waals surface area contributed by atoms with Crippen LogP contribution in [0.3, 0.4) is 0 Å². The molecule has 0 spiro atoms. The smallest absolute Gasteiger partial charge is 0.809 e. The van der Waals surface area contributed by atoms with Gasteiger partial charge >= 0.3 is 37.7 Å². The summed E-state index contributed by atoms with van der Waals surface area (Å²) in [7, 11) is -4.40. The molecule has 5 nitrogen and oxygen atoms in total. The molecule has 0 radical (unpaired) electrons. The minimum atomic E-state index is -4.40. The predicted molar refractivity (Wildman–Crippen MR) is 31.3 cm³/mol. The van der Waals surface area contributed by atoms with E-state index in [4.69, 9.17) is 0 Å². The first-order valence-electron chi connectivity index (χ1n) is 2.19. The van der Waals surface area contributed by atoms with Gasteiger partial charge in [0.05, 0.1) is 6.10 Å². The van der Waals surface area contributed by atoms with Gasteiger partial charge in [-0.15, -0.1) is 0 Å². The molecule has 1 fully saturated rings. The van der Waals surface area contributed by atoms with Crippen LogP contribution < -0.4 is 9.79 Å². The maximum Gasteiger partial charge on any atom is 2.00 e. The van der Waals surface area contributed by atoms with Crippen LogP contribution in [0, 0.1) is 0 Å². The van der Waals surface area contributed by atoms with Crippen molar-refractivity contribution in [2.45, 2.75) is 18.9 Å². The SMILES string of the molecule is CC1OC1P(=O)([O-])[O-].O.[Ca+2]. The molecule has 1 saturated heterocycles. The third-order valence-corrected chi connectivity index (χ3v) is 2.16. The van der Waals surface area contributed by atoms with Crippen LogP contribution in [-0.2, 0) is 9.30 Å². The summed E-state index contributed by atoms with van der Waals surface area (Å²) < 4.78 is 14.3. The Morgan fingerprint density at radius 3 is 1.80 bits per heavy atom. The molecule has 0 aromatic rings. The summed E-state index contributed by atoms with van der Waals surface area (Å²) in [5.74, 6) is -1.04. The van der Waals surface area contributed by atoms with Crippen LogP contribution >= 0.6 is 7.60 Å². The van der Waals surface area contributed by atoms with E-state index in [1.165, 1.54) is 0 Å². The summed E-state index contributed by atoms with van der Waals surface area (Å²) >= 11 is 0. The Balaban J connectivity index is 0. The number of hydrogen-bond acceptors (Lipinski definition) is 4. The van der Waals surface area contributed by atoms with Crippen molar-refractivity contribution in [2.24, 2.45) is 0 Å². The van der Waals surface area contributed by atoms with E-state index in [0.29, 0.717) is 0 Å². The van der Waals surface area contributed by atoms with E-state index < -0.39 is 13.4 Å². The molecule has 0 saturated carbocycles. The molecular weight excluding hydrogens is 187 g/mol. The van der Waals surface area contributed by atoms with Gasteiger partial charge in [-0.25, -0.2) is 0 Å². The molecule has 1 aliphatic rings. The zero-order valence-corrected chi connectivity index (χ0v) is 8.54. The van der Waals surface area contributed by atoms with Crippen molar-refractivity contribution in [2.75, 3.05) is 0 Å². The number of hydrogen-bond donors (Lipinski definition) is 0. The molecule has 7 heteroatoms. The third kappa shape index (κ3) is 3.64. The van der Waals surface area contributed by atoms with E-state index in [0.717, 1.165) is 0 Å². The Kier molecular flexibility index (Phi) is 6.08. The Morgan fingerprint density at radius 1 is 1.50 bits per heavy atom. The maximum absolute atomic E-state index is 9.95. The molecule has 2 unspecified atom stereocenters. The van der Waals surface area contributed by atoms with Gasteiger partial charge < -0.3 is 24.6 Å². The van der Waals surface area contributed by atoms with E-state index in [-0.39, 0.29) is 49.3 Å². The molecule has 0 bridgehead atoms. The average molecular weight is 194 g/mol. The average Bonchev–Trinajstić information content (AvgIpc) is 2.13. The van der Waals surface area contributed by atoms with Crippen LogP contribution in [0.1, 0.15) is 6.92 Å². The summed E-state index contributed by atoms with van der Waals surface area (Å²) in [6, 6.07) is 0. The van der Waals surface area contributed by atoms with Gasteiger partial charge in [-0.3, -0.25) is 0 Å². The number of epoxide rings is 1. The third-order valence-electron chi connectivity index (χ3n) is 0.991. The van der Waals surface area contributed by atoms with Crippen molar-refractivity contribution < 1.29 is 24.6 Å². The van der Waals surface area contributed by atoms with Crippen molar-refractivity contribution in [3.63, 3.8) is 0 Å². The molecule has 1 rings (SSSR count). The fourth-order valence-electron chi connectivity index (χ4n) is 0.506. The molecule has 10 heavy (non-hydrogen) atoms. The van der Waals surface area contributed by atoms with Crippen molar-refractivity contribution in [1.29, 1.82) is 0 Å². The minimum Gasteiger partial charge on any atom is -0.809 e. The largest absolute Gasteiger partial charge is 2.00 e. The second kappa shape index (κ2) is 4.38. The quantitative estimate of drug-likeness (QED) is 0.260. The van der Waals surface area contributed by atoms with Gasteiger partial charge in [0.25, 0.3) is 0 Å². The zero-order valence-electron chi connectivity index (χ0n) is 5.44. The first-order chi connectivity index (χ1) is 3.52. The molecule has 1 heterocycles. The van der Waals surface area contributed by atoms with E-state index in [1.807, 2.05) is 0 Å². The second-order valence-electron chi connectivity index (χ2n) is 1.77. The zero-order chi connectivity index (χ0) is 6.36. The van der Waals surface area contributed by atoms with E-state index in [1.54, 1.807) is 6.92 Å². The van der Waals surface area contributed by atoms with Crippen LogP contribution in [0.2, 0.25) is 0 Å². The second-order valence-corrected chi connectivity index (χ2v) is 3.36. The Hall–Kier alpha value is 1.33. The first-order valence-corrected chi connectivity index (χ1v) is 3.80. The molecular formula is C3H7CaO5P. The van der Waals surface area contributed by atoms with Crippen LogP contribution in [0.4, 0.5) is 0 Å². The first kappa shape index (κ1) is 13.9. The molecule has 0 aromatic carbocycles. The summed E-state index contributed by atoms with van der Waals surface area (Å²) in [4.78, 5) is 19.9. The monoisotopic (exact) mass is 194 g/mol. The predicted octanol–water partition coefficient (Wildman–Crippen LogP) is -2.56. The molecule has 0 aromatic heterocycles. The normalized spacial score (nSPS) is 29.9. The molecule has 0 aliphatic carbocycles. The topological polar surface area (TPSA) is 107 Å². The Labute approximate surface area is 88.2 Å². The number of ether oxygens (including phenoxy) is 1.